The fraction of sp³-hybridized carbons (Fsp3) is 0.250. The Hall–Kier alpha value is -2.17. The molecule has 0 spiro atoms. The van der Waals surface area contributed by atoms with Crippen LogP contribution in [0.1, 0.15) is 25.7 Å². The standard InChI is InChI=1S/C20H17Cl2NO3/c21-11-5-6-13(15(22)9-11)14-10-23-19-17(26-12-3-1-2-4-12)8-7-16(24)18(19)20(14)25/h5-10,12,24H,1-4H2,(H,23,25). The number of nitrogens with one attached hydrogen (secondary N) is 1. The summed E-state index contributed by atoms with van der Waals surface area (Å²) in [6.07, 6.45) is 6.06. The van der Waals surface area contributed by atoms with E-state index in [4.69, 9.17) is 27.9 Å². The normalized spacial score (nSPS) is 14.8. The van der Waals surface area contributed by atoms with E-state index in [9.17, 15) is 9.90 Å². The molecule has 4 nitrogen and oxygen atoms in total. The number of benzene rings is 2. The number of halogens is 2. The number of aromatic nitrogens is 1. The van der Waals surface area contributed by atoms with E-state index in [1.54, 1.807) is 30.5 Å². The second kappa shape index (κ2) is 6.86. The molecule has 26 heavy (non-hydrogen) atoms. The monoisotopic (exact) mass is 389 g/mol. The maximum atomic E-state index is 13.0. The molecule has 1 aliphatic carbocycles. The van der Waals surface area contributed by atoms with Gasteiger partial charge in [-0.25, -0.2) is 0 Å². The Morgan fingerprint density at radius 1 is 1.08 bits per heavy atom. The van der Waals surface area contributed by atoms with E-state index in [1.807, 2.05) is 0 Å². The summed E-state index contributed by atoms with van der Waals surface area (Å²) in [6.45, 7) is 0. The van der Waals surface area contributed by atoms with E-state index in [-0.39, 0.29) is 22.7 Å². The smallest absolute Gasteiger partial charge is 0.201 e. The minimum Gasteiger partial charge on any atom is -0.507 e. The fourth-order valence-corrected chi connectivity index (χ4v) is 3.99. The van der Waals surface area contributed by atoms with Gasteiger partial charge >= 0.3 is 0 Å². The summed E-state index contributed by atoms with van der Waals surface area (Å²) in [7, 11) is 0. The Morgan fingerprint density at radius 3 is 2.58 bits per heavy atom. The van der Waals surface area contributed by atoms with Crippen molar-refractivity contribution in [3.8, 4) is 22.6 Å². The Morgan fingerprint density at radius 2 is 1.85 bits per heavy atom. The zero-order valence-electron chi connectivity index (χ0n) is 13.9. The quantitative estimate of drug-likeness (QED) is 0.618. The predicted octanol–water partition coefficient (Wildman–Crippen LogP) is 5.53. The Labute approximate surface area is 160 Å². The predicted molar refractivity (Wildman–Crippen MR) is 105 cm³/mol. The van der Waals surface area contributed by atoms with Crippen LogP contribution in [0.2, 0.25) is 10.0 Å². The maximum absolute atomic E-state index is 13.0. The lowest BCUT2D eigenvalue weighted by molar-refractivity contribution is 0.212. The topological polar surface area (TPSA) is 62.3 Å². The van der Waals surface area contributed by atoms with Gasteiger partial charge in [-0.2, -0.15) is 0 Å². The van der Waals surface area contributed by atoms with Crippen molar-refractivity contribution in [2.75, 3.05) is 0 Å². The van der Waals surface area contributed by atoms with Gasteiger partial charge in [0.2, 0.25) is 5.43 Å². The average molecular weight is 390 g/mol. The lowest BCUT2D eigenvalue weighted by Crippen LogP contribution is -2.13. The van der Waals surface area contributed by atoms with Crippen LogP contribution in [-0.2, 0) is 0 Å². The molecule has 1 fully saturated rings. The van der Waals surface area contributed by atoms with Crippen LogP contribution in [0.15, 0.2) is 41.3 Å². The van der Waals surface area contributed by atoms with Gasteiger partial charge < -0.3 is 14.8 Å². The van der Waals surface area contributed by atoms with Crippen LogP contribution in [-0.4, -0.2) is 16.2 Å². The van der Waals surface area contributed by atoms with Gasteiger partial charge in [-0.05, 0) is 49.9 Å². The third-order valence-electron chi connectivity index (χ3n) is 4.79. The largest absolute Gasteiger partial charge is 0.507 e. The van der Waals surface area contributed by atoms with Gasteiger partial charge in [0.1, 0.15) is 11.5 Å². The number of rotatable bonds is 3. The molecule has 134 valence electrons. The second-order valence-corrected chi connectivity index (χ2v) is 7.36. The highest BCUT2D eigenvalue weighted by molar-refractivity contribution is 6.36. The van der Waals surface area contributed by atoms with E-state index in [1.165, 1.54) is 6.07 Å². The molecule has 1 saturated carbocycles. The first-order chi connectivity index (χ1) is 12.5. The lowest BCUT2D eigenvalue weighted by atomic mass is 10.0. The highest BCUT2D eigenvalue weighted by atomic mass is 35.5. The molecule has 1 aliphatic rings. The van der Waals surface area contributed by atoms with Gasteiger partial charge in [0, 0.05) is 22.3 Å². The first-order valence-corrected chi connectivity index (χ1v) is 9.29. The molecule has 0 aliphatic heterocycles. The highest BCUT2D eigenvalue weighted by Crippen LogP contribution is 2.34. The first kappa shape index (κ1) is 17.3. The summed E-state index contributed by atoms with van der Waals surface area (Å²) in [5.41, 5.74) is 1.11. The SMILES string of the molecule is O=c1c(-c2ccc(Cl)cc2Cl)c[nH]c2c(OC3CCCC3)ccc(O)c12. The van der Waals surface area contributed by atoms with E-state index in [2.05, 4.69) is 4.98 Å². The van der Waals surface area contributed by atoms with Crippen molar-refractivity contribution < 1.29 is 9.84 Å². The number of aromatic amines is 1. The Bertz CT molecular complexity index is 1040. The van der Waals surface area contributed by atoms with Crippen LogP contribution in [0.4, 0.5) is 0 Å². The van der Waals surface area contributed by atoms with Crippen molar-refractivity contribution in [3.63, 3.8) is 0 Å². The molecule has 0 saturated heterocycles. The number of pyridine rings is 1. The minimum atomic E-state index is -0.308. The summed E-state index contributed by atoms with van der Waals surface area (Å²) >= 11 is 12.2. The van der Waals surface area contributed by atoms with E-state index in [0.717, 1.165) is 25.7 Å². The van der Waals surface area contributed by atoms with E-state index in [0.29, 0.717) is 32.4 Å². The lowest BCUT2D eigenvalue weighted by Gasteiger charge is -2.16. The van der Waals surface area contributed by atoms with Crippen LogP contribution < -0.4 is 10.2 Å². The summed E-state index contributed by atoms with van der Waals surface area (Å²) in [5.74, 6) is 0.488. The van der Waals surface area contributed by atoms with Crippen molar-refractivity contribution in [1.82, 2.24) is 4.98 Å². The zero-order chi connectivity index (χ0) is 18.3. The molecule has 2 N–H and O–H groups in total. The fourth-order valence-electron chi connectivity index (χ4n) is 3.48. The van der Waals surface area contributed by atoms with Crippen LogP contribution in [0, 0.1) is 0 Å². The summed E-state index contributed by atoms with van der Waals surface area (Å²) < 4.78 is 6.06. The van der Waals surface area contributed by atoms with E-state index < -0.39 is 0 Å². The van der Waals surface area contributed by atoms with Crippen LogP contribution in [0.3, 0.4) is 0 Å². The van der Waals surface area contributed by atoms with Crippen molar-refractivity contribution >= 4 is 34.1 Å². The number of hydrogen-bond acceptors (Lipinski definition) is 3. The second-order valence-electron chi connectivity index (χ2n) is 6.51. The molecule has 4 rings (SSSR count). The summed E-state index contributed by atoms with van der Waals surface area (Å²) in [5, 5.41) is 11.4. The van der Waals surface area contributed by atoms with Crippen LogP contribution in [0.5, 0.6) is 11.5 Å². The molecule has 6 heteroatoms. The van der Waals surface area contributed by atoms with Gasteiger partial charge in [-0.1, -0.05) is 29.3 Å². The molecule has 3 aromatic rings. The summed E-state index contributed by atoms with van der Waals surface area (Å²) in [6, 6.07) is 8.14. The van der Waals surface area contributed by atoms with E-state index >= 15 is 0 Å². The average Bonchev–Trinajstić information content (AvgIpc) is 3.11. The number of hydrogen-bond donors (Lipinski definition) is 2. The minimum absolute atomic E-state index is 0.0908. The highest BCUT2D eigenvalue weighted by Gasteiger charge is 2.20. The molecule has 1 heterocycles. The Balaban J connectivity index is 1.87. The van der Waals surface area contributed by atoms with Gasteiger partial charge in [0.15, 0.2) is 0 Å². The summed E-state index contributed by atoms with van der Waals surface area (Å²) in [4.78, 5) is 16.2. The van der Waals surface area contributed by atoms with Gasteiger partial charge in [-0.3, -0.25) is 4.79 Å². The molecule has 0 unspecified atom stereocenters. The van der Waals surface area contributed by atoms with Crippen LogP contribution >= 0.6 is 23.2 Å². The maximum Gasteiger partial charge on any atom is 0.201 e. The van der Waals surface area contributed by atoms with Crippen molar-refractivity contribution in [3.05, 3.63) is 56.8 Å². The first-order valence-electron chi connectivity index (χ1n) is 8.54. The molecule has 0 radical (unpaired) electrons. The number of fused-ring (bicyclic) bond motifs is 1. The molecule has 0 atom stereocenters. The number of phenols is 1. The molecule has 0 bridgehead atoms. The number of phenolic OH excluding ortho intramolecular Hbond substituents is 1. The van der Waals surface area contributed by atoms with Gasteiger partial charge in [0.25, 0.3) is 0 Å². The molecule has 2 aromatic carbocycles. The third kappa shape index (κ3) is 3.04. The van der Waals surface area contributed by atoms with Gasteiger partial charge in [0.05, 0.1) is 22.0 Å². The molecular formula is C20H17Cl2NO3. The van der Waals surface area contributed by atoms with Crippen molar-refractivity contribution in [1.29, 1.82) is 0 Å². The molecule has 1 aromatic heterocycles. The number of H-pyrrole nitrogens is 1. The van der Waals surface area contributed by atoms with Crippen LogP contribution in [0.25, 0.3) is 22.0 Å². The molecule has 0 amide bonds. The number of aromatic hydroxyl groups is 1. The zero-order valence-corrected chi connectivity index (χ0v) is 15.4. The third-order valence-corrected chi connectivity index (χ3v) is 5.34. The van der Waals surface area contributed by atoms with Crippen molar-refractivity contribution in [2.24, 2.45) is 0 Å². The van der Waals surface area contributed by atoms with Gasteiger partial charge in [-0.15, -0.1) is 0 Å². The molecular weight excluding hydrogens is 373 g/mol. The Kier molecular flexibility index (Phi) is 4.55. The van der Waals surface area contributed by atoms with Crippen molar-refractivity contribution in [2.45, 2.75) is 31.8 Å². The number of ether oxygens (including phenoxy) is 1.